The van der Waals surface area contributed by atoms with Gasteiger partial charge in [0.1, 0.15) is 16.9 Å². The van der Waals surface area contributed by atoms with Gasteiger partial charge in [-0.2, -0.15) is 0 Å². The van der Waals surface area contributed by atoms with Crippen molar-refractivity contribution in [3.8, 4) is 0 Å². The van der Waals surface area contributed by atoms with Crippen molar-refractivity contribution in [1.82, 2.24) is 4.98 Å². The molecule has 33 heavy (non-hydrogen) atoms. The number of ether oxygens (including phenoxy) is 1. The van der Waals surface area contributed by atoms with Gasteiger partial charge in [0, 0.05) is 12.5 Å². The molecule has 0 bridgehead atoms. The average molecular weight is 482 g/mol. The lowest BCUT2D eigenvalue weighted by atomic mass is 9.85. The summed E-state index contributed by atoms with van der Waals surface area (Å²) >= 11 is 1.35. The first kappa shape index (κ1) is 26.0. The number of aliphatic hydroxyl groups is 3. The average Bonchev–Trinajstić information content (AvgIpc) is 3.28. The fourth-order valence-electron chi connectivity index (χ4n) is 4.84. The summed E-state index contributed by atoms with van der Waals surface area (Å²) in [7, 11) is 0. The number of thiazole rings is 1. The van der Waals surface area contributed by atoms with Crippen molar-refractivity contribution in [3.63, 3.8) is 0 Å². The van der Waals surface area contributed by atoms with Gasteiger partial charge in [-0.1, -0.05) is 19.3 Å². The lowest BCUT2D eigenvalue weighted by Crippen LogP contribution is -2.23. The fraction of sp³-hybridized carbons (Fsp3) is 0.680. The third kappa shape index (κ3) is 7.44. The van der Waals surface area contributed by atoms with Crippen molar-refractivity contribution >= 4 is 27.5 Å². The highest BCUT2D eigenvalue weighted by molar-refractivity contribution is 7.18. The van der Waals surface area contributed by atoms with Gasteiger partial charge in [0.15, 0.2) is 0 Å². The molecular formula is C25H36FNO5S. The first-order valence-electron chi connectivity index (χ1n) is 12.0. The number of halogens is 1. The highest BCUT2D eigenvalue weighted by Crippen LogP contribution is 2.40. The van der Waals surface area contributed by atoms with Crippen molar-refractivity contribution in [2.45, 2.75) is 96.1 Å². The van der Waals surface area contributed by atoms with Gasteiger partial charge in [0.2, 0.25) is 0 Å². The smallest absolute Gasteiger partial charge is 0.306 e. The Hall–Kier alpha value is -1.61. The summed E-state index contributed by atoms with van der Waals surface area (Å²) in [5.74, 6) is -0.573. The lowest BCUT2D eigenvalue weighted by molar-refractivity contribution is -0.147. The predicted molar refractivity (Wildman–Crippen MR) is 126 cm³/mol. The topological polar surface area (TPSA) is 99.9 Å². The van der Waals surface area contributed by atoms with Gasteiger partial charge in [0.05, 0.1) is 28.5 Å². The number of nitrogens with zero attached hydrogens (tertiary/aromatic N) is 1. The molecule has 1 saturated carbocycles. The van der Waals surface area contributed by atoms with Crippen LogP contribution in [0.4, 0.5) is 4.39 Å². The number of benzene rings is 1. The summed E-state index contributed by atoms with van der Waals surface area (Å²) < 4.78 is 19.4. The molecule has 1 heterocycles. The minimum Gasteiger partial charge on any atom is -0.463 e. The Morgan fingerprint density at radius 3 is 2.58 bits per heavy atom. The van der Waals surface area contributed by atoms with E-state index in [1.807, 2.05) is 13.8 Å². The molecule has 1 aliphatic carbocycles. The zero-order chi connectivity index (χ0) is 24.0. The molecule has 5 atom stereocenters. The zero-order valence-electron chi connectivity index (χ0n) is 19.5. The second kappa shape index (κ2) is 12.2. The molecule has 3 rings (SSSR count). The van der Waals surface area contributed by atoms with Crippen LogP contribution in [0.5, 0.6) is 0 Å². The number of hydrogen-bond donors (Lipinski definition) is 3. The van der Waals surface area contributed by atoms with Gasteiger partial charge < -0.3 is 20.1 Å². The molecule has 0 spiro atoms. The Balaban J connectivity index is 1.43. The number of aliphatic hydroxyl groups excluding tert-OH is 3. The van der Waals surface area contributed by atoms with Crippen molar-refractivity contribution in [3.05, 3.63) is 29.0 Å². The van der Waals surface area contributed by atoms with Crippen LogP contribution in [-0.2, 0) is 9.53 Å². The molecular weight excluding hydrogens is 445 g/mol. The Labute approximate surface area is 198 Å². The number of hydrogen-bond acceptors (Lipinski definition) is 7. The van der Waals surface area contributed by atoms with E-state index in [2.05, 4.69) is 4.98 Å². The van der Waals surface area contributed by atoms with Gasteiger partial charge in [-0.15, -0.1) is 11.3 Å². The third-order valence-corrected chi connectivity index (χ3v) is 7.62. The SMILES string of the molecule is CC(C)OC(=O)CCCCCC[C@@H]1C(CCC(O)c2nc3cc(F)ccc3s2)[C@H](O)C[C@@H]1O. The summed E-state index contributed by atoms with van der Waals surface area (Å²) in [6, 6.07) is 4.41. The van der Waals surface area contributed by atoms with E-state index in [9.17, 15) is 24.5 Å². The van der Waals surface area contributed by atoms with Crippen LogP contribution in [-0.4, -0.2) is 44.6 Å². The van der Waals surface area contributed by atoms with E-state index < -0.39 is 18.3 Å². The number of unbranched alkanes of at least 4 members (excludes halogenated alkanes) is 3. The number of fused-ring (bicyclic) bond motifs is 1. The largest absolute Gasteiger partial charge is 0.463 e. The fourth-order valence-corrected chi connectivity index (χ4v) is 5.81. The zero-order valence-corrected chi connectivity index (χ0v) is 20.3. The van der Waals surface area contributed by atoms with Crippen LogP contribution in [0.15, 0.2) is 18.2 Å². The molecule has 6 nitrogen and oxygen atoms in total. The monoisotopic (exact) mass is 481 g/mol. The molecule has 2 unspecified atom stereocenters. The Morgan fingerprint density at radius 1 is 1.15 bits per heavy atom. The van der Waals surface area contributed by atoms with Crippen LogP contribution < -0.4 is 0 Å². The molecule has 0 aliphatic heterocycles. The second-order valence-electron chi connectivity index (χ2n) is 9.45. The number of carbonyl (C=O) groups excluding carboxylic acids is 1. The summed E-state index contributed by atoms with van der Waals surface area (Å²) in [5, 5.41) is 32.1. The van der Waals surface area contributed by atoms with E-state index in [0.717, 1.165) is 36.8 Å². The molecule has 0 amide bonds. The molecule has 1 fully saturated rings. The molecule has 3 N–H and O–H groups in total. The maximum atomic E-state index is 13.4. The third-order valence-electron chi connectivity index (χ3n) is 6.48. The highest BCUT2D eigenvalue weighted by atomic mass is 32.1. The van der Waals surface area contributed by atoms with Crippen LogP contribution in [0, 0.1) is 17.7 Å². The van der Waals surface area contributed by atoms with Gasteiger partial charge in [-0.3, -0.25) is 4.79 Å². The highest BCUT2D eigenvalue weighted by Gasteiger charge is 2.41. The van der Waals surface area contributed by atoms with Crippen LogP contribution in [0.2, 0.25) is 0 Å². The standard InChI is InChI=1S/C25H36FNO5S/c1-15(2)32-24(31)8-6-4-3-5-7-17-18(22(30)14-21(17)29)10-11-20(28)25-27-19-13-16(26)9-12-23(19)33-25/h9,12-13,15,17-18,20-22,28-30H,3-8,10-11,14H2,1-2H3/t17-,18?,20?,21+,22-/m1/s1. The second-order valence-corrected chi connectivity index (χ2v) is 10.5. The molecule has 0 saturated heterocycles. The summed E-state index contributed by atoms with van der Waals surface area (Å²) in [6.45, 7) is 3.68. The molecule has 184 valence electrons. The van der Waals surface area contributed by atoms with Crippen molar-refractivity contribution in [1.29, 1.82) is 0 Å². The van der Waals surface area contributed by atoms with Gasteiger partial charge in [-0.05, 0) is 69.9 Å². The van der Waals surface area contributed by atoms with Gasteiger partial charge >= 0.3 is 5.97 Å². The molecule has 1 aromatic heterocycles. The van der Waals surface area contributed by atoms with E-state index in [4.69, 9.17) is 4.74 Å². The van der Waals surface area contributed by atoms with E-state index in [0.29, 0.717) is 36.2 Å². The number of esters is 1. The van der Waals surface area contributed by atoms with Crippen LogP contribution in [0.3, 0.4) is 0 Å². The van der Waals surface area contributed by atoms with E-state index in [1.165, 1.54) is 23.5 Å². The normalized spacial score (nSPS) is 24.0. The minimum atomic E-state index is -0.776. The van der Waals surface area contributed by atoms with Crippen molar-refractivity contribution in [2.24, 2.45) is 11.8 Å². The molecule has 8 heteroatoms. The molecule has 0 radical (unpaired) electrons. The van der Waals surface area contributed by atoms with Crippen LogP contribution in [0.25, 0.3) is 10.2 Å². The summed E-state index contributed by atoms with van der Waals surface area (Å²) in [5.41, 5.74) is 0.542. The van der Waals surface area contributed by atoms with Gasteiger partial charge in [0.25, 0.3) is 0 Å². The maximum Gasteiger partial charge on any atom is 0.306 e. The van der Waals surface area contributed by atoms with E-state index in [-0.39, 0.29) is 29.7 Å². The quantitative estimate of drug-likeness (QED) is 0.295. The Morgan fingerprint density at radius 2 is 1.85 bits per heavy atom. The molecule has 1 aromatic carbocycles. The van der Waals surface area contributed by atoms with Gasteiger partial charge in [-0.25, -0.2) is 9.37 Å². The molecule has 1 aliphatic rings. The number of aromatic nitrogens is 1. The Bertz CT molecular complexity index is 904. The predicted octanol–water partition coefficient (Wildman–Crippen LogP) is 4.90. The Kier molecular flexibility index (Phi) is 9.61. The molecule has 2 aromatic rings. The van der Waals surface area contributed by atoms with Crippen molar-refractivity contribution < 1.29 is 29.2 Å². The number of carbonyl (C=O) groups is 1. The van der Waals surface area contributed by atoms with Crippen LogP contribution >= 0.6 is 11.3 Å². The van der Waals surface area contributed by atoms with E-state index >= 15 is 0 Å². The summed E-state index contributed by atoms with van der Waals surface area (Å²) in [6.07, 6.45) is 4.29. The van der Waals surface area contributed by atoms with Crippen molar-refractivity contribution in [2.75, 3.05) is 0 Å². The lowest BCUT2D eigenvalue weighted by Gasteiger charge is -2.24. The minimum absolute atomic E-state index is 0.00238. The van der Waals surface area contributed by atoms with E-state index in [1.54, 1.807) is 6.07 Å². The maximum absolute atomic E-state index is 13.4. The first-order valence-corrected chi connectivity index (χ1v) is 12.9. The number of rotatable bonds is 12. The first-order chi connectivity index (χ1) is 15.7. The van der Waals surface area contributed by atoms with Crippen LogP contribution in [0.1, 0.15) is 82.7 Å². The summed E-state index contributed by atoms with van der Waals surface area (Å²) in [4.78, 5) is 16.0.